The van der Waals surface area contributed by atoms with Gasteiger partial charge in [-0.05, 0) is 31.0 Å². The topological polar surface area (TPSA) is 86.7 Å². The van der Waals surface area contributed by atoms with Crippen molar-refractivity contribution in [2.24, 2.45) is 5.73 Å². The Hall–Kier alpha value is -1.42. The Balaban J connectivity index is 2.90. The van der Waals surface area contributed by atoms with Crippen LogP contribution >= 0.6 is 0 Å². The summed E-state index contributed by atoms with van der Waals surface area (Å²) in [6, 6.07) is 2.92. The Morgan fingerprint density at radius 2 is 1.77 bits per heavy atom. The second kappa shape index (κ2) is 4.00. The highest BCUT2D eigenvalue weighted by atomic mass is 16.3. The number of aromatic hydroxyl groups is 3. The van der Waals surface area contributed by atoms with Gasteiger partial charge in [0.25, 0.3) is 0 Å². The van der Waals surface area contributed by atoms with Gasteiger partial charge in [0.2, 0.25) is 5.75 Å². The number of nitrogens with two attached hydrogens (primary N) is 1. The van der Waals surface area contributed by atoms with E-state index in [4.69, 9.17) is 15.9 Å². The predicted molar refractivity (Wildman–Crippen MR) is 48.8 cm³/mol. The van der Waals surface area contributed by atoms with Gasteiger partial charge < -0.3 is 21.1 Å². The molecular weight excluding hydrogens is 170 g/mol. The van der Waals surface area contributed by atoms with Gasteiger partial charge >= 0.3 is 0 Å². The van der Waals surface area contributed by atoms with Crippen LogP contribution < -0.4 is 5.73 Å². The van der Waals surface area contributed by atoms with E-state index >= 15 is 0 Å². The third kappa shape index (κ3) is 2.03. The minimum absolute atomic E-state index is 0.256. The lowest BCUT2D eigenvalue weighted by Crippen LogP contribution is -2.00. The SMILES string of the molecule is NCCCc1ccc(O)c(O)c1O. The summed E-state index contributed by atoms with van der Waals surface area (Å²) in [4.78, 5) is 0. The molecule has 0 atom stereocenters. The lowest BCUT2D eigenvalue weighted by Gasteiger charge is -2.06. The zero-order chi connectivity index (χ0) is 9.84. The molecule has 0 spiro atoms. The molecule has 0 saturated heterocycles. The van der Waals surface area contributed by atoms with Crippen LogP contribution in [-0.4, -0.2) is 21.9 Å². The Labute approximate surface area is 76.2 Å². The maximum absolute atomic E-state index is 9.35. The van der Waals surface area contributed by atoms with Crippen molar-refractivity contribution in [3.63, 3.8) is 0 Å². The molecule has 0 fully saturated rings. The maximum atomic E-state index is 9.35. The first-order valence-corrected chi connectivity index (χ1v) is 4.09. The number of aryl methyl sites for hydroxylation is 1. The fourth-order valence-electron chi connectivity index (χ4n) is 1.11. The van der Waals surface area contributed by atoms with E-state index in [0.29, 0.717) is 18.5 Å². The van der Waals surface area contributed by atoms with Crippen molar-refractivity contribution in [1.29, 1.82) is 0 Å². The number of hydrogen-bond donors (Lipinski definition) is 4. The van der Waals surface area contributed by atoms with E-state index in [-0.39, 0.29) is 11.5 Å². The average molecular weight is 183 g/mol. The van der Waals surface area contributed by atoms with Crippen LogP contribution in [0.3, 0.4) is 0 Å². The van der Waals surface area contributed by atoms with Crippen molar-refractivity contribution in [2.75, 3.05) is 6.54 Å². The number of rotatable bonds is 3. The molecule has 0 aliphatic rings. The normalized spacial score (nSPS) is 10.2. The molecule has 0 bridgehead atoms. The highest BCUT2D eigenvalue weighted by molar-refractivity contribution is 5.53. The summed E-state index contributed by atoms with van der Waals surface area (Å²) in [6.45, 7) is 0.529. The Morgan fingerprint density at radius 3 is 2.38 bits per heavy atom. The summed E-state index contributed by atoms with van der Waals surface area (Å²) in [5.74, 6) is -1.03. The largest absolute Gasteiger partial charge is 0.504 e. The number of phenolic OH excluding ortho intramolecular Hbond substituents is 3. The third-order valence-corrected chi connectivity index (χ3v) is 1.86. The Morgan fingerprint density at radius 1 is 1.08 bits per heavy atom. The van der Waals surface area contributed by atoms with Crippen LogP contribution in [0.25, 0.3) is 0 Å². The molecule has 72 valence electrons. The Kier molecular flexibility index (Phi) is 2.97. The highest BCUT2D eigenvalue weighted by Crippen LogP contribution is 2.37. The van der Waals surface area contributed by atoms with Gasteiger partial charge in [0.15, 0.2) is 11.5 Å². The lowest BCUT2D eigenvalue weighted by atomic mass is 10.1. The zero-order valence-corrected chi connectivity index (χ0v) is 7.20. The number of phenols is 3. The first kappa shape index (κ1) is 9.67. The second-order valence-electron chi connectivity index (χ2n) is 2.83. The fraction of sp³-hybridized carbons (Fsp3) is 0.333. The minimum Gasteiger partial charge on any atom is -0.504 e. The molecule has 0 aliphatic carbocycles. The van der Waals surface area contributed by atoms with Crippen molar-refractivity contribution in [1.82, 2.24) is 0 Å². The lowest BCUT2D eigenvalue weighted by molar-refractivity contribution is 0.365. The molecule has 0 unspecified atom stereocenters. The zero-order valence-electron chi connectivity index (χ0n) is 7.20. The van der Waals surface area contributed by atoms with E-state index in [1.54, 1.807) is 6.07 Å². The van der Waals surface area contributed by atoms with E-state index in [1.807, 2.05) is 0 Å². The van der Waals surface area contributed by atoms with Crippen molar-refractivity contribution in [3.05, 3.63) is 17.7 Å². The number of hydrogen-bond acceptors (Lipinski definition) is 4. The van der Waals surface area contributed by atoms with Gasteiger partial charge in [0.05, 0.1) is 0 Å². The van der Waals surface area contributed by atoms with Crippen LogP contribution in [-0.2, 0) is 6.42 Å². The molecule has 0 heterocycles. The van der Waals surface area contributed by atoms with E-state index in [0.717, 1.165) is 6.42 Å². The van der Waals surface area contributed by atoms with Gasteiger partial charge in [0.1, 0.15) is 0 Å². The quantitative estimate of drug-likeness (QED) is 0.519. The summed E-state index contributed by atoms with van der Waals surface area (Å²) >= 11 is 0. The van der Waals surface area contributed by atoms with E-state index < -0.39 is 5.75 Å². The van der Waals surface area contributed by atoms with Crippen molar-refractivity contribution in [2.45, 2.75) is 12.8 Å². The Bertz CT molecular complexity index is 299. The van der Waals surface area contributed by atoms with Crippen LogP contribution in [0.4, 0.5) is 0 Å². The first-order chi connectivity index (χ1) is 6.16. The smallest absolute Gasteiger partial charge is 0.200 e. The molecule has 4 heteroatoms. The van der Waals surface area contributed by atoms with Crippen molar-refractivity contribution in [3.8, 4) is 17.2 Å². The summed E-state index contributed by atoms with van der Waals surface area (Å²) in [5, 5.41) is 27.5. The molecule has 0 radical (unpaired) electrons. The standard InChI is InChI=1S/C9H13NO3/c10-5-1-2-6-3-4-7(11)9(13)8(6)12/h3-4,11-13H,1-2,5,10H2. The van der Waals surface area contributed by atoms with Gasteiger partial charge in [0, 0.05) is 0 Å². The molecule has 1 rings (SSSR count). The van der Waals surface area contributed by atoms with Crippen LogP contribution in [0.15, 0.2) is 12.1 Å². The van der Waals surface area contributed by atoms with Gasteiger partial charge in [-0.2, -0.15) is 0 Å². The van der Waals surface area contributed by atoms with Crippen LogP contribution in [0, 0.1) is 0 Å². The monoisotopic (exact) mass is 183 g/mol. The molecule has 13 heavy (non-hydrogen) atoms. The van der Waals surface area contributed by atoms with E-state index in [9.17, 15) is 5.11 Å². The molecule has 5 N–H and O–H groups in total. The van der Waals surface area contributed by atoms with Crippen LogP contribution in [0.2, 0.25) is 0 Å². The predicted octanol–water partition coefficient (Wildman–Crippen LogP) is 0.695. The van der Waals surface area contributed by atoms with Gasteiger partial charge in [-0.3, -0.25) is 0 Å². The summed E-state index contributed by atoms with van der Waals surface area (Å²) in [6.07, 6.45) is 1.33. The molecule has 0 amide bonds. The molecule has 1 aromatic carbocycles. The number of benzene rings is 1. The highest BCUT2D eigenvalue weighted by Gasteiger charge is 2.09. The van der Waals surface area contributed by atoms with E-state index in [1.165, 1.54) is 6.07 Å². The van der Waals surface area contributed by atoms with Gasteiger partial charge in [-0.15, -0.1) is 0 Å². The maximum Gasteiger partial charge on any atom is 0.200 e. The second-order valence-corrected chi connectivity index (χ2v) is 2.83. The third-order valence-electron chi connectivity index (χ3n) is 1.86. The van der Waals surface area contributed by atoms with E-state index in [2.05, 4.69) is 0 Å². The molecule has 0 aromatic heterocycles. The van der Waals surface area contributed by atoms with Gasteiger partial charge in [-0.25, -0.2) is 0 Å². The van der Waals surface area contributed by atoms with Crippen LogP contribution in [0.5, 0.6) is 17.2 Å². The molecular formula is C9H13NO3. The first-order valence-electron chi connectivity index (χ1n) is 4.09. The minimum atomic E-state index is -0.463. The van der Waals surface area contributed by atoms with Crippen molar-refractivity contribution < 1.29 is 15.3 Å². The molecule has 4 nitrogen and oxygen atoms in total. The summed E-state index contributed by atoms with van der Waals surface area (Å²) in [5.41, 5.74) is 5.90. The van der Waals surface area contributed by atoms with Gasteiger partial charge in [-0.1, -0.05) is 6.07 Å². The van der Waals surface area contributed by atoms with Crippen LogP contribution in [0.1, 0.15) is 12.0 Å². The van der Waals surface area contributed by atoms with Crippen molar-refractivity contribution >= 4 is 0 Å². The summed E-state index contributed by atoms with van der Waals surface area (Å²) < 4.78 is 0. The molecule has 1 aromatic rings. The fourth-order valence-corrected chi connectivity index (χ4v) is 1.11. The molecule has 0 saturated carbocycles. The summed E-state index contributed by atoms with van der Waals surface area (Å²) in [7, 11) is 0. The average Bonchev–Trinajstić information content (AvgIpc) is 2.13. The molecule has 0 aliphatic heterocycles.